The highest BCUT2D eigenvalue weighted by atomic mass is 16.6. The topological polar surface area (TPSA) is 78.9 Å². The van der Waals surface area contributed by atoms with Gasteiger partial charge in [0.15, 0.2) is 6.10 Å². The van der Waals surface area contributed by atoms with Crippen LogP contribution < -0.4 is 0 Å². The van der Waals surface area contributed by atoms with Crippen LogP contribution in [0.2, 0.25) is 0 Å². The third-order valence-corrected chi connectivity index (χ3v) is 13.3. The molecule has 0 heterocycles. The average Bonchev–Trinajstić information content (AvgIpc) is 3.46. The Bertz CT molecular complexity index is 1790. The Morgan fingerprint density at radius 1 is 0.263 bits per heavy atom. The van der Waals surface area contributed by atoms with Crippen LogP contribution >= 0.6 is 0 Å². The molecule has 1 unspecified atom stereocenters. The predicted octanol–water partition coefficient (Wildman–Crippen LogP) is 22.5. The fourth-order valence-electron chi connectivity index (χ4n) is 8.48. The summed E-state index contributed by atoms with van der Waals surface area (Å²) in [5.74, 6) is -0.928. The lowest BCUT2D eigenvalue weighted by Crippen LogP contribution is -2.30. The van der Waals surface area contributed by atoms with Crippen molar-refractivity contribution in [2.75, 3.05) is 13.2 Å². The molecule has 0 amide bonds. The molecule has 0 bridgehead atoms. The van der Waals surface area contributed by atoms with Crippen molar-refractivity contribution in [1.82, 2.24) is 0 Å². The van der Waals surface area contributed by atoms with E-state index < -0.39 is 6.10 Å². The second-order valence-corrected chi connectivity index (χ2v) is 20.9. The first-order valence-corrected chi connectivity index (χ1v) is 32.5. The number of hydrogen-bond acceptors (Lipinski definition) is 6. The summed E-state index contributed by atoms with van der Waals surface area (Å²) in [6.07, 6.45) is 97.1. The summed E-state index contributed by atoms with van der Waals surface area (Å²) in [7, 11) is 0. The molecule has 1 atom stereocenters. The quantitative estimate of drug-likeness (QED) is 0.0261. The molecule has 0 spiro atoms. The van der Waals surface area contributed by atoms with Crippen molar-refractivity contribution in [2.24, 2.45) is 0 Å². The van der Waals surface area contributed by atoms with E-state index in [0.717, 1.165) is 167 Å². The number of unbranched alkanes of at least 4 members (excludes halogenated alkanes) is 20. The first-order valence-electron chi connectivity index (χ1n) is 32.5. The monoisotopic (exact) mass is 1100 g/mol. The molecule has 0 aromatic rings. The lowest BCUT2D eigenvalue weighted by molar-refractivity contribution is -0.167. The third kappa shape index (κ3) is 63.9. The van der Waals surface area contributed by atoms with Crippen LogP contribution in [0, 0.1) is 0 Å². The van der Waals surface area contributed by atoms with E-state index in [4.69, 9.17) is 14.2 Å². The molecule has 0 aliphatic rings. The Balaban J connectivity index is 4.13. The van der Waals surface area contributed by atoms with Crippen LogP contribution in [0.15, 0.2) is 158 Å². The van der Waals surface area contributed by atoms with Crippen LogP contribution in [0.4, 0.5) is 0 Å². The highest BCUT2D eigenvalue weighted by molar-refractivity contribution is 5.71. The molecule has 450 valence electrons. The lowest BCUT2D eigenvalue weighted by Gasteiger charge is -2.18. The summed E-state index contributed by atoms with van der Waals surface area (Å²) in [5, 5.41) is 0. The zero-order valence-corrected chi connectivity index (χ0v) is 51.5. The number of rotatable bonds is 57. The Kier molecular flexibility index (Phi) is 62.4. The zero-order valence-electron chi connectivity index (χ0n) is 51.5. The Morgan fingerprint density at radius 3 is 0.762 bits per heavy atom. The van der Waals surface area contributed by atoms with Crippen LogP contribution in [-0.4, -0.2) is 37.2 Å². The van der Waals surface area contributed by atoms with Gasteiger partial charge in [0.1, 0.15) is 13.2 Å². The van der Waals surface area contributed by atoms with Crippen molar-refractivity contribution in [1.29, 1.82) is 0 Å². The molecule has 0 saturated heterocycles. The van der Waals surface area contributed by atoms with Gasteiger partial charge in [0, 0.05) is 19.3 Å². The number of allylic oxidation sites excluding steroid dienone is 26. The van der Waals surface area contributed by atoms with Gasteiger partial charge in [0.25, 0.3) is 0 Å². The van der Waals surface area contributed by atoms with E-state index in [1.807, 2.05) is 0 Å². The molecular weight excluding hydrogens is 985 g/mol. The van der Waals surface area contributed by atoms with E-state index in [0.29, 0.717) is 19.3 Å². The number of hydrogen-bond donors (Lipinski definition) is 0. The van der Waals surface area contributed by atoms with Gasteiger partial charge in [0.2, 0.25) is 0 Å². The summed E-state index contributed by atoms with van der Waals surface area (Å²) >= 11 is 0. The maximum Gasteiger partial charge on any atom is 0.306 e. The Morgan fingerprint density at radius 2 is 0.487 bits per heavy atom. The molecule has 0 aromatic heterocycles. The predicted molar refractivity (Wildman–Crippen MR) is 348 cm³/mol. The first-order chi connectivity index (χ1) is 39.5. The van der Waals surface area contributed by atoms with Crippen molar-refractivity contribution >= 4 is 17.9 Å². The van der Waals surface area contributed by atoms with Crippen LogP contribution in [0.25, 0.3) is 0 Å². The molecule has 6 nitrogen and oxygen atoms in total. The summed E-state index contributed by atoms with van der Waals surface area (Å²) in [5.41, 5.74) is 0. The van der Waals surface area contributed by atoms with E-state index in [-0.39, 0.29) is 31.1 Å². The van der Waals surface area contributed by atoms with Gasteiger partial charge in [-0.1, -0.05) is 281 Å². The molecule has 0 aliphatic carbocycles. The summed E-state index contributed by atoms with van der Waals surface area (Å²) in [6, 6.07) is 0. The van der Waals surface area contributed by atoms with Gasteiger partial charge in [0.05, 0.1) is 0 Å². The van der Waals surface area contributed by atoms with Gasteiger partial charge in [-0.25, -0.2) is 0 Å². The van der Waals surface area contributed by atoms with Gasteiger partial charge in [-0.15, -0.1) is 0 Å². The van der Waals surface area contributed by atoms with Crippen LogP contribution in [0.1, 0.15) is 271 Å². The van der Waals surface area contributed by atoms with Gasteiger partial charge in [-0.2, -0.15) is 0 Å². The molecule has 0 aromatic carbocycles. The van der Waals surface area contributed by atoms with Crippen LogP contribution in [0.3, 0.4) is 0 Å². The largest absolute Gasteiger partial charge is 0.462 e. The van der Waals surface area contributed by atoms with Gasteiger partial charge >= 0.3 is 17.9 Å². The third-order valence-electron chi connectivity index (χ3n) is 13.3. The Hall–Kier alpha value is -4.97. The molecule has 0 aliphatic heterocycles. The molecule has 6 heteroatoms. The van der Waals surface area contributed by atoms with E-state index in [2.05, 4.69) is 179 Å². The number of esters is 3. The highest BCUT2D eigenvalue weighted by Crippen LogP contribution is 2.15. The van der Waals surface area contributed by atoms with Crippen LogP contribution in [-0.2, 0) is 28.6 Å². The van der Waals surface area contributed by atoms with Crippen molar-refractivity contribution in [3.05, 3.63) is 158 Å². The molecule has 0 saturated carbocycles. The summed E-state index contributed by atoms with van der Waals surface area (Å²) in [4.78, 5) is 38.0. The van der Waals surface area contributed by atoms with E-state index in [1.165, 1.54) is 64.2 Å². The fourth-order valence-corrected chi connectivity index (χ4v) is 8.48. The molecule has 0 radical (unpaired) electrons. The van der Waals surface area contributed by atoms with E-state index in [1.54, 1.807) is 0 Å². The lowest BCUT2D eigenvalue weighted by atomic mass is 10.1. The van der Waals surface area contributed by atoms with E-state index >= 15 is 0 Å². The molecule has 0 N–H and O–H groups in total. The molecular formula is C74H118O6. The van der Waals surface area contributed by atoms with Crippen molar-refractivity contribution < 1.29 is 28.6 Å². The second-order valence-electron chi connectivity index (χ2n) is 20.9. The normalized spacial score (nSPS) is 13.2. The van der Waals surface area contributed by atoms with Crippen molar-refractivity contribution in [2.45, 2.75) is 277 Å². The van der Waals surface area contributed by atoms with Crippen molar-refractivity contribution in [3.63, 3.8) is 0 Å². The maximum absolute atomic E-state index is 12.8. The first kappa shape index (κ1) is 75.0. The van der Waals surface area contributed by atoms with Crippen molar-refractivity contribution in [3.8, 4) is 0 Å². The SMILES string of the molecule is CC/C=C\C/C=C\C/C=C\C/C=C\C/C=C\C/C=C\C/C=C\C/C=C\CCCCCCCCCCCCC(=O)OCC(COC(=O)CCCCCCCC)OC(=O)CCCCCCC/C=C\C/C=C\C/C=C\C/C=C\C/C=C\CC. The zero-order chi connectivity index (χ0) is 57.8. The minimum atomic E-state index is -0.794. The smallest absolute Gasteiger partial charge is 0.306 e. The average molecular weight is 1100 g/mol. The molecule has 80 heavy (non-hydrogen) atoms. The van der Waals surface area contributed by atoms with Gasteiger partial charge in [-0.3, -0.25) is 14.4 Å². The highest BCUT2D eigenvalue weighted by Gasteiger charge is 2.19. The van der Waals surface area contributed by atoms with E-state index in [9.17, 15) is 14.4 Å². The summed E-state index contributed by atoms with van der Waals surface area (Å²) in [6.45, 7) is 6.33. The Labute approximate surface area is 492 Å². The summed E-state index contributed by atoms with van der Waals surface area (Å²) < 4.78 is 16.8. The minimum Gasteiger partial charge on any atom is -0.462 e. The standard InChI is InChI=1S/C74H118O6/c1-4-7-10-13-16-18-20-22-24-26-28-30-31-32-33-34-35-36-37-38-39-40-41-42-43-45-46-48-50-52-54-56-58-61-64-67-73(76)79-70-71(69-78-72(75)66-63-60-15-12-9-6-3)80-74(77)68-65-62-59-57-55-53-51-49-47-44-29-27-25-23-21-19-17-14-11-8-5-2/h7-8,10-11,16-19,22-25,28-30,32-33,35-36,38-39,41-42,44,49,51,71H,4-6,9,12-15,20-21,26-27,31,34,37,40,43,45-48,50,52-70H2,1-3H3/b10-7-,11-8-,18-16-,19-17-,24-22-,25-23-,30-28-,33-32-,36-35-,39-38-,42-41-,44-29-,51-49-. The number of ether oxygens (including phenoxy) is 3. The maximum atomic E-state index is 12.8. The van der Waals surface area contributed by atoms with Gasteiger partial charge < -0.3 is 14.2 Å². The molecule has 0 fully saturated rings. The van der Waals surface area contributed by atoms with Crippen LogP contribution in [0.5, 0.6) is 0 Å². The molecule has 0 rings (SSSR count). The number of carbonyl (C=O) groups excluding carboxylic acids is 3. The number of carbonyl (C=O) groups is 3. The fraction of sp³-hybridized carbons (Fsp3) is 0.608. The van der Waals surface area contributed by atoms with Gasteiger partial charge in [-0.05, 0) is 128 Å². The second kappa shape index (κ2) is 66.5. The minimum absolute atomic E-state index is 0.0916.